The van der Waals surface area contributed by atoms with Gasteiger partial charge in [-0.25, -0.2) is 13.2 Å². The number of carboxylic acid groups (broad SMARTS) is 1. The van der Waals surface area contributed by atoms with Gasteiger partial charge < -0.3 is 10.8 Å². The van der Waals surface area contributed by atoms with E-state index in [-0.39, 0.29) is 15.7 Å². The highest BCUT2D eigenvalue weighted by Crippen LogP contribution is 2.26. The SMILES string of the molecule is Cc1sc(C(=O)O)cc1S(=O)(=O)NC(C(N)=O)C(C)C. The fourth-order valence-electron chi connectivity index (χ4n) is 1.59. The summed E-state index contributed by atoms with van der Waals surface area (Å²) in [5.74, 6) is -2.30. The predicted octanol–water partition coefficient (Wildman–Crippen LogP) is 0.543. The molecule has 1 heterocycles. The minimum atomic E-state index is -4.00. The maximum Gasteiger partial charge on any atom is 0.345 e. The molecule has 4 N–H and O–H groups in total. The summed E-state index contributed by atoms with van der Waals surface area (Å²) in [4.78, 5) is 22.2. The summed E-state index contributed by atoms with van der Waals surface area (Å²) in [6.45, 7) is 4.81. The molecule has 1 unspecified atom stereocenters. The highest BCUT2D eigenvalue weighted by Gasteiger charge is 2.29. The van der Waals surface area contributed by atoms with Gasteiger partial charge in [-0.2, -0.15) is 4.72 Å². The maximum absolute atomic E-state index is 12.2. The minimum Gasteiger partial charge on any atom is -0.477 e. The number of aryl methyl sites for hydroxylation is 1. The molecule has 7 nitrogen and oxygen atoms in total. The number of carbonyl (C=O) groups excluding carboxylic acids is 1. The first-order valence-electron chi connectivity index (χ1n) is 5.71. The van der Waals surface area contributed by atoms with Gasteiger partial charge in [0.2, 0.25) is 15.9 Å². The van der Waals surface area contributed by atoms with E-state index in [2.05, 4.69) is 4.72 Å². The van der Waals surface area contributed by atoms with Crippen LogP contribution in [0.2, 0.25) is 0 Å². The quantitative estimate of drug-likeness (QED) is 0.705. The van der Waals surface area contributed by atoms with E-state index < -0.39 is 27.9 Å². The lowest BCUT2D eigenvalue weighted by molar-refractivity contribution is -0.120. The molecule has 1 rings (SSSR count). The summed E-state index contributed by atoms with van der Waals surface area (Å²) in [6, 6.07) is 0.0239. The summed E-state index contributed by atoms with van der Waals surface area (Å²) >= 11 is 0.858. The number of nitrogens with two attached hydrogens (primary N) is 1. The van der Waals surface area contributed by atoms with Gasteiger partial charge in [0.15, 0.2) is 0 Å². The third kappa shape index (κ3) is 3.56. The predicted molar refractivity (Wildman–Crippen MR) is 74.2 cm³/mol. The average molecular weight is 320 g/mol. The Hall–Kier alpha value is -1.45. The Morgan fingerprint density at radius 1 is 1.40 bits per heavy atom. The van der Waals surface area contributed by atoms with Gasteiger partial charge in [-0.1, -0.05) is 13.8 Å². The van der Waals surface area contributed by atoms with Crippen molar-refractivity contribution in [2.45, 2.75) is 31.7 Å². The van der Waals surface area contributed by atoms with Crippen LogP contribution in [0.3, 0.4) is 0 Å². The van der Waals surface area contributed by atoms with Crippen LogP contribution in [0.25, 0.3) is 0 Å². The number of carboxylic acids is 1. The number of aromatic carboxylic acids is 1. The number of nitrogens with one attached hydrogen (secondary N) is 1. The number of hydrogen-bond acceptors (Lipinski definition) is 5. The third-order valence-electron chi connectivity index (χ3n) is 2.63. The molecule has 1 amide bonds. The molecule has 0 spiro atoms. The number of hydrogen-bond donors (Lipinski definition) is 3. The first-order chi connectivity index (χ1) is 9.06. The van der Waals surface area contributed by atoms with E-state index in [9.17, 15) is 18.0 Å². The standard InChI is InChI=1S/C11H16N2O5S2/c1-5(2)9(10(12)14)13-20(17,18)8-4-7(11(15)16)19-6(8)3/h4-5,9,13H,1-3H3,(H2,12,14)(H,15,16). The Labute approximate surface area is 120 Å². The van der Waals surface area contributed by atoms with Crippen LogP contribution in [-0.2, 0) is 14.8 Å². The highest BCUT2D eigenvalue weighted by molar-refractivity contribution is 7.89. The topological polar surface area (TPSA) is 127 Å². The molecule has 1 aromatic heterocycles. The molecule has 0 fully saturated rings. The fraction of sp³-hybridized carbons (Fsp3) is 0.455. The second-order valence-electron chi connectivity index (χ2n) is 4.58. The first kappa shape index (κ1) is 16.6. The van der Waals surface area contributed by atoms with Crippen molar-refractivity contribution in [1.82, 2.24) is 4.72 Å². The van der Waals surface area contributed by atoms with Crippen molar-refractivity contribution < 1.29 is 23.1 Å². The van der Waals surface area contributed by atoms with Gasteiger partial charge in [-0.3, -0.25) is 4.79 Å². The number of primary amides is 1. The molecule has 112 valence electrons. The summed E-state index contributed by atoms with van der Waals surface area (Å²) in [5, 5.41) is 8.87. The Morgan fingerprint density at radius 2 is 1.95 bits per heavy atom. The molecule has 0 saturated carbocycles. The van der Waals surface area contributed by atoms with Gasteiger partial charge in [0.1, 0.15) is 10.9 Å². The molecular formula is C11H16N2O5S2. The van der Waals surface area contributed by atoms with Crippen molar-refractivity contribution in [3.63, 3.8) is 0 Å². The number of rotatable bonds is 6. The van der Waals surface area contributed by atoms with Crippen LogP contribution in [0, 0.1) is 12.8 Å². The number of carbonyl (C=O) groups is 2. The number of amides is 1. The highest BCUT2D eigenvalue weighted by atomic mass is 32.2. The summed E-state index contributed by atoms with van der Waals surface area (Å²) in [5.41, 5.74) is 5.16. The van der Waals surface area contributed by atoms with Gasteiger partial charge in [0.25, 0.3) is 0 Å². The zero-order valence-corrected chi connectivity index (χ0v) is 12.8. The van der Waals surface area contributed by atoms with E-state index in [0.717, 1.165) is 17.4 Å². The molecule has 20 heavy (non-hydrogen) atoms. The average Bonchev–Trinajstić information content (AvgIpc) is 2.68. The van der Waals surface area contributed by atoms with Crippen LogP contribution < -0.4 is 10.5 Å². The minimum absolute atomic E-state index is 0.0805. The van der Waals surface area contributed by atoms with Crippen molar-refractivity contribution in [2.24, 2.45) is 11.7 Å². The van der Waals surface area contributed by atoms with Crippen molar-refractivity contribution in [2.75, 3.05) is 0 Å². The molecule has 0 aliphatic heterocycles. The second-order valence-corrected chi connectivity index (χ2v) is 7.52. The Balaban J connectivity index is 3.17. The van der Waals surface area contributed by atoms with Crippen LogP contribution in [0.4, 0.5) is 0 Å². The van der Waals surface area contributed by atoms with Gasteiger partial charge >= 0.3 is 5.97 Å². The lowest BCUT2D eigenvalue weighted by Crippen LogP contribution is -2.47. The van der Waals surface area contributed by atoms with Crippen LogP contribution in [0.15, 0.2) is 11.0 Å². The summed E-state index contributed by atoms with van der Waals surface area (Å²) in [6.07, 6.45) is 0. The monoisotopic (exact) mass is 320 g/mol. The van der Waals surface area contributed by atoms with E-state index in [1.807, 2.05) is 0 Å². The van der Waals surface area contributed by atoms with E-state index in [1.54, 1.807) is 13.8 Å². The Bertz CT molecular complexity index is 633. The number of sulfonamides is 1. The molecule has 1 aromatic rings. The largest absolute Gasteiger partial charge is 0.477 e. The van der Waals surface area contributed by atoms with Crippen molar-refractivity contribution in [3.05, 3.63) is 15.8 Å². The fourth-order valence-corrected chi connectivity index (χ4v) is 4.37. The molecule has 0 bridgehead atoms. The van der Waals surface area contributed by atoms with Gasteiger partial charge in [-0.05, 0) is 18.9 Å². The van der Waals surface area contributed by atoms with Crippen molar-refractivity contribution in [3.8, 4) is 0 Å². The lowest BCUT2D eigenvalue weighted by Gasteiger charge is -2.18. The zero-order valence-electron chi connectivity index (χ0n) is 11.2. The zero-order chi connectivity index (χ0) is 15.7. The van der Waals surface area contributed by atoms with E-state index >= 15 is 0 Å². The van der Waals surface area contributed by atoms with Crippen LogP contribution in [0.5, 0.6) is 0 Å². The van der Waals surface area contributed by atoms with Crippen LogP contribution in [0.1, 0.15) is 28.4 Å². The molecule has 9 heteroatoms. The second kappa shape index (κ2) is 5.90. The van der Waals surface area contributed by atoms with Crippen molar-refractivity contribution >= 4 is 33.2 Å². The van der Waals surface area contributed by atoms with E-state index in [4.69, 9.17) is 10.8 Å². The van der Waals surface area contributed by atoms with Crippen molar-refractivity contribution in [1.29, 1.82) is 0 Å². The Kier molecular flexibility index (Phi) is 4.90. The van der Waals surface area contributed by atoms with Gasteiger partial charge in [0, 0.05) is 4.88 Å². The number of thiophene rings is 1. The molecule has 0 aliphatic rings. The first-order valence-corrected chi connectivity index (χ1v) is 8.01. The molecule has 1 atom stereocenters. The summed E-state index contributed by atoms with van der Waals surface area (Å²) < 4.78 is 26.6. The van der Waals surface area contributed by atoms with Gasteiger partial charge in [0.05, 0.1) is 4.90 Å². The normalized spacial score (nSPS) is 13.4. The Morgan fingerprint density at radius 3 is 2.30 bits per heavy atom. The van der Waals surface area contributed by atoms with E-state index in [1.165, 1.54) is 6.92 Å². The third-order valence-corrected chi connectivity index (χ3v) is 5.36. The molecule has 0 aliphatic carbocycles. The van der Waals surface area contributed by atoms with Crippen LogP contribution >= 0.6 is 11.3 Å². The smallest absolute Gasteiger partial charge is 0.345 e. The maximum atomic E-state index is 12.2. The molecule has 0 radical (unpaired) electrons. The molecule has 0 saturated heterocycles. The lowest BCUT2D eigenvalue weighted by atomic mass is 10.1. The summed E-state index contributed by atoms with van der Waals surface area (Å²) in [7, 11) is -4.00. The van der Waals surface area contributed by atoms with E-state index in [0.29, 0.717) is 4.88 Å². The van der Waals surface area contributed by atoms with Gasteiger partial charge in [-0.15, -0.1) is 11.3 Å². The molecular weight excluding hydrogens is 304 g/mol. The van der Waals surface area contributed by atoms with Crippen LogP contribution in [-0.4, -0.2) is 31.4 Å². The molecule has 0 aromatic carbocycles.